The van der Waals surface area contributed by atoms with E-state index in [1.807, 2.05) is 12.1 Å². The minimum Gasteiger partial charge on any atom is -0.462 e. The number of pyridine rings is 1. The van der Waals surface area contributed by atoms with Gasteiger partial charge in [-0.15, -0.1) is 0 Å². The fourth-order valence-corrected chi connectivity index (χ4v) is 2.62. The largest absolute Gasteiger partial charge is 0.462 e. The standard InChI is InChI=1S/C15H22N2O2/c1-3-13-7-5-6-10-17(13)14-9-8-12(11-16-14)15(18)19-4-2/h8-9,11,13H,3-7,10H2,1-2H3. The minimum atomic E-state index is -0.299. The highest BCUT2D eigenvalue weighted by atomic mass is 16.5. The molecule has 0 aromatic carbocycles. The molecule has 2 rings (SSSR count). The molecule has 0 saturated carbocycles. The van der Waals surface area contributed by atoms with Gasteiger partial charge in [-0.1, -0.05) is 6.92 Å². The highest BCUT2D eigenvalue weighted by Gasteiger charge is 2.22. The maximum atomic E-state index is 11.6. The summed E-state index contributed by atoms with van der Waals surface area (Å²) in [6, 6.07) is 4.32. The predicted octanol–water partition coefficient (Wildman–Crippen LogP) is 3.03. The van der Waals surface area contributed by atoms with Gasteiger partial charge in [0, 0.05) is 18.8 Å². The third-order valence-corrected chi connectivity index (χ3v) is 3.65. The number of ether oxygens (including phenoxy) is 1. The van der Waals surface area contributed by atoms with E-state index in [2.05, 4.69) is 16.8 Å². The lowest BCUT2D eigenvalue weighted by Crippen LogP contribution is -2.39. The molecule has 0 aliphatic carbocycles. The molecular formula is C15H22N2O2. The maximum absolute atomic E-state index is 11.6. The number of rotatable bonds is 4. The van der Waals surface area contributed by atoms with Crippen molar-refractivity contribution in [3.05, 3.63) is 23.9 Å². The van der Waals surface area contributed by atoms with Gasteiger partial charge in [-0.25, -0.2) is 9.78 Å². The molecule has 4 heteroatoms. The van der Waals surface area contributed by atoms with Crippen LogP contribution in [0.5, 0.6) is 0 Å². The Kier molecular flexibility index (Phi) is 4.77. The van der Waals surface area contributed by atoms with Crippen molar-refractivity contribution in [1.29, 1.82) is 0 Å². The van der Waals surface area contributed by atoms with E-state index in [-0.39, 0.29) is 5.97 Å². The Bertz CT molecular complexity index is 417. The van der Waals surface area contributed by atoms with Crippen LogP contribution < -0.4 is 4.90 Å². The average molecular weight is 262 g/mol. The molecule has 0 spiro atoms. The smallest absolute Gasteiger partial charge is 0.339 e. The van der Waals surface area contributed by atoms with Gasteiger partial charge in [-0.2, -0.15) is 0 Å². The van der Waals surface area contributed by atoms with E-state index < -0.39 is 0 Å². The Labute approximate surface area is 114 Å². The van der Waals surface area contributed by atoms with Crippen molar-refractivity contribution in [3.63, 3.8) is 0 Å². The summed E-state index contributed by atoms with van der Waals surface area (Å²) in [5.41, 5.74) is 0.524. The molecule has 0 bridgehead atoms. The van der Waals surface area contributed by atoms with Crippen LogP contribution in [0.3, 0.4) is 0 Å². The molecule has 1 aromatic rings. The van der Waals surface area contributed by atoms with Crippen LogP contribution in [0.15, 0.2) is 18.3 Å². The summed E-state index contributed by atoms with van der Waals surface area (Å²) >= 11 is 0. The second-order valence-electron chi connectivity index (χ2n) is 4.88. The molecule has 1 saturated heterocycles. The molecule has 104 valence electrons. The van der Waals surface area contributed by atoms with E-state index in [9.17, 15) is 4.79 Å². The molecule has 1 atom stereocenters. The summed E-state index contributed by atoms with van der Waals surface area (Å²) in [7, 11) is 0. The van der Waals surface area contributed by atoms with Gasteiger partial charge in [-0.3, -0.25) is 0 Å². The zero-order chi connectivity index (χ0) is 13.7. The van der Waals surface area contributed by atoms with E-state index in [0.717, 1.165) is 18.8 Å². The lowest BCUT2D eigenvalue weighted by molar-refractivity contribution is 0.0526. The van der Waals surface area contributed by atoms with Crippen LogP contribution in [0.4, 0.5) is 5.82 Å². The first kappa shape index (κ1) is 13.8. The van der Waals surface area contributed by atoms with E-state index in [0.29, 0.717) is 18.2 Å². The van der Waals surface area contributed by atoms with E-state index in [4.69, 9.17) is 4.74 Å². The van der Waals surface area contributed by atoms with Gasteiger partial charge in [-0.05, 0) is 44.7 Å². The molecule has 0 amide bonds. The number of carbonyl (C=O) groups is 1. The van der Waals surface area contributed by atoms with Crippen LogP contribution in [0.1, 0.15) is 49.9 Å². The highest BCUT2D eigenvalue weighted by Crippen LogP contribution is 2.24. The van der Waals surface area contributed by atoms with Gasteiger partial charge >= 0.3 is 5.97 Å². The minimum absolute atomic E-state index is 0.299. The second-order valence-corrected chi connectivity index (χ2v) is 4.88. The van der Waals surface area contributed by atoms with Crippen molar-refractivity contribution in [2.45, 2.75) is 45.6 Å². The van der Waals surface area contributed by atoms with Crippen molar-refractivity contribution in [3.8, 4) is 0 Å². The van der Waals surface area contributed by atoms with Crippen molar-refractivity contribution >= 4 is 11.8 Å². The van der Waals surface area contributed by atoms with Crippen molar-refractivity contribution in [1.82, 2.24) is 4.98 Å². The van der Waals surface area contributed by atoms with Crippen LogP contribution in [0.2, 0.25) is 0 Å². The predicted molar refractivity (Wildman–Crippen MR) is 75.5 cm³/mol. The molecule has 1 aromatic heterocycles. The molecule has 0 radical (unpaired) electrons. The number of esters is 1. The van der Waals surface area contributed by atoms with Crippen LogP contribution in [-0.4, -0.2) is 30.1 Å². The first-order valence-electron chi connectivity index (χ1n) is 7.16. The Hall–Kier alpha value is -1.58. The molecule has 4 nitrogen and oxygen atoms in total. The van der Waals surface area contributed by atoms with Crippen LogP contribution >= 0.6 is 0 Å². The van der Waals surface area contributed by atoms with E-state index >= 15 is 0 Å². The first-order chi connectivity index (χ1) is 9.26. The van der Waals surface area contributed by atoms with Crippen molar-refractivity contribution in [2.75, 3.05) is 18.1 Å². The molecule has 2 heterocycles. The lowest BCUT2D eigenvalue weighted by atomic mass is 10.00. The van der Waals surface area contributed by atoms with Gasteiger partial charge in [0.05, 0.1) is 12.2 Å². The molecular weight excluding hydrogens is 240 g/mol. The van der Waals surface area contributed by atoms with Crippen LogP contribution in [0.25, 0.3) is 0 Å². The van der Waals surface area contributed by atoms with Gasteiger partial charge < -0.3 is 9.64 Å². The fourth-order valence-electron chi connectivity index (χ4n) is 2.62. The number of hydrogen-bond acceptors (Lipinski definition) is 4. The number of aromatic nitrogens is 1. The molecule has 0 N–H and O–H groups in total. The van der Waals surface area contributed by atoms with Crippen molar-refractivity contribution < 1.29 is 9.53 Å². The summed E-state index contributed by atoms with van der Waals surface area (Å²) in [4.78, 5) is 18.4. The monoisotopic (exact) mass is 262 g/mol. The molecule has 19 heavy (non-hydrogen) atoms. The summed E-state index contributed by atoms with van der Waals surface area (Å²) < 4.78 is 4.96. The Balaban J connectivity index is 2.10. The second kappa shape index (κ2) is 6.55. The van der Waals surface area contributed by atoms with Gasteiger partial charge in [0.15, 0.2) is 0 Å². The third kappa shape index (κ3) is 3.25. The summed E-state index contributed by atoms with van der Waals surface area (Å²) in [6.07, 6.45) is 6.52. The summed E-state index contributed by atoms with van der Waals surface area (Å²) in [5.74, 6) is 0.673. The number of anilines is 1. The molecule has 1 unspecified atom stereocenters. The Morgan fingerprint density at radius 1 is 1.42 bits per heavy atom. The van der Waals surface area contributed by atoms with Gasteiger partial charge in [0.1, 0.15) is 5.82 Å². The number of hydrogen-bond donors (Lipinski definition) is 0. The summed E-state index contributed by atoms with van der Waals surface area (Å²) in [5, 5.41) is 0. The van der Waals surface area contributed by atoms with E-state index in [1.165, 1.54) is 19.3 Å². The van der Waals surface area contributed by atoms with Gasteiger partial charge in [0.2, 0.25) is 0 Å². The molecule has 1 aliphatic rings. The normalized spacial score (nSPS) is 19.3. The third-order valence-electron chi connectivity index (χ3n) is 3.65. The van der Waals surface area contributed by atoms with Crippen molar-refractivity contribution in [2.24, 2.45) is 0 Å². The Morgan fingerprint density at radius 3 is 2.89 bits per heavy atom. The Morgan fingerprint density at radius 2 is 2.26 bits per heavy atom. The topological polar surface area (TPSA) is 42.4 Å². The zero-order valence-corrected chi connectivity index (χ0v) is 11.8. The SMILES string of the molecule is CCOC(=O)c1ccc(N2CCCCC2CC)nc1. The first-order valence-corrected chi connectivity index (χ1v) is 7.16. The summed E-state index contributed by atoms with van der Waals surface area (Å²) in [6.45, 7) is 5.48. The fraction of sp³-hybridized carbons (Fsp3) is 0.600. The highest BCUT2D eigenvalue weighted by molar-refractivity contribution is 5.89. The average Bonchev–Trinajstić information content (AvgIpc) is 2.47. The van der Waals surface area contributed by atoms with Gasteiger partial charge in [0.25, 0.3) is 0 Å². The quantitative estimate of drug-likeness (QED) is 0.782. The number of carbonyl (C=O) groups excluding carboxylic acids is 1. The number of piperidine rings is 1. The lowest BCUT2D eigenvalue weighted by Gasteiger charge is -2.36. The van der Waals surface area contributed by atoms with Crippen LogP contribution in [0, 0.1) is 0 Å². The van der Waals surface area contributed by atoms with Crippen LogP contribution in [-0.2, 0) is 4.74 Å². The zero-order valence-electron chi connectivity index (χ0n) is 11.8. The number of nitrogens with zero attached hydrogens (tertiary/aromatic N) is 2. The molecule has 1 aliphatic heterocycles. The maximum Gasteiger partial charge on any atom is 0.339 e. The molecule has 1 fully saturated rings. The van der Waals surface area contributed by atoms with E-state index in [1.54, 1.807) is 13.1 Å².